The molecule has 8 heteroatoms. The number of hydrogen-bond acceptors (Lipinski definition) is 5. The molecular formula is C17H28INO6. The van der Waals surface area contributed by atoms with Crippen LogP contribution in [0.1, 0.15) is 54.4 Å². The molecule has 0 heterocycles. The molecular weight excluding hydrogens is 441 g/mol. The number of carbonyl (C=O) groups is 3. The Morgan fingerprint density at radius 1 is 1.04 bits per heavy atom. The first-order valence-corrected chi connectivity index (χ1v) is 9.43. The van der Waals surface area contributed by atoms with Crippen molar-refractivity contribution in [2.45, 2.75) is 65.6 Å². The predicted molar refractivity (Wildman–Crippen MR) is 103 cm³/mol. The van der Waals surface area contributed by atoms with E-state index >= 15 is 0 Å². The predicted octanol–water partition coefficient (Wildman–Crippen LogP) is 4.59. The van der Waals surface area contributed by atoms with Crippen LogP contribution in [0.4, 0.5) is 9.59 Å². The molecule has 0 aromatic carbocycles. The summed E-state index contributed by atoms with van der Waals surface area (Å²) in [7, 11) is 0. The lowest BCUT2D eigenvalue weighted by molar-refractivity contribution is -0.141. The first-order valence-electron chi connectivity index (χ1n) is 7.90. The summed E-state index contributed by atoms with van der Waals surface area (Å²) in [6, 6.07) is 0. The van der Waals surface area contributed by atoms with Crippen LogP contribution >= 0.6 is 22.6 Å². The number of ether oxygens (including phenoxy) is 2. The third-order valence-electron chi connectivity index (χ3n) is 2.76. The summed E-state index contributed by atoms with van der Waals surface area (Å²) in [5, 5.41) is 9.29. The van der Waals surface area contributed by atoms with Crippen LogP contribution in [-0.4, -0.2) is 43.8 Å². The zero-order valence-corrected chi connectivity index (χ0v) is 17.9. The molecule has 0 saturated carbocycles. The highest BCUT2D eigenvalue weighted by molar-refractivity contribution is 14.1. The maximum Gasteiger partial charge on any atom is 0.424 e. The van der Waals surface area contributed by atoms with Crippen LogP contribution in [0.15, 0.2) is 12.3 Å². The molecule has 0 aromatic rings. The molecule has 0 spiro atoms. The summed E-state index contributed by atoms with van der Waals surface area (Å²) in [5.74, 6) is -1.76. The Morgan fingerprint density at radius 2 is 1.44 bits per heavy atom. The number of aliphatic carboxylic acids is 1. The number of nitrogens with zero attached hydrogens (tertiary/aromatic N) is 1. The molecule has 2 amide bonds. The van der Waals surface area contributed by atoms with E-state index in [1.807, 2.05) is 0 Å². The Balaban J connectivity index is 5.48. The van der Waals surface area contributed by atoms with Crippen molar-refractivity contribution in [1.82, 2.24) is 4.90 Å². The molecule has 0 bridgehead atoms. The molecule has 0 fully saturated rings. The van der Waals surface area contributed by atoms with Gasteiger partial charge in [0.2, 0.25) is 0 Å². The zero-order chi connectivity index (χ0) is 20.0. The van der Waals surface area contributed by atoms with E-state index in [2.05, 4.69) is 29.2 Å². The summed E-state index contributed by atoms with van der Waals surface area (Å²) in [6.07, 6.45) is -1.54. The average molecular weight is 469 g/mol. The van der Waals surface area contributed by atoms with Gasteiger partial charge in [-0.25, -0.2) is 9.59 Å². The molecule has 0 unspecified atom stereocenters. The van der Waals surface area contributed by atoms with Crippen molar-refractivity contribution in [2.75, 3.05) is 4.43 Å². The van der Waals surface area contributed by atoms with Gasteiger partial charge in [0.05, 0.1) is 5.92 Å². The van der Waals surface area contributed by atoms with Gasteiger partial charge in [-0.2, -0.15) is 4.90 Å². The maximum atomic E-state index is 12.4. The number of hydrogen-bond donors (Lipinski definition) is 1. The lowest BCUT2D eigenvalue weighted by atomic mass is 10.0. The van der Waals surface area contributed by atoms with Gasteiger partial charge in [0.1, 0.15) is 11.2 Å². The number of amides is 2. The summed E-state index contributed by atoms with van der Waals surface area (Å²) >= 11 is 2.07. The van der Waals surface area contributed by atoms with Gasteiger partial charge < -0.3 is 14.6 Å². The lowest BCUT2D eigenvalue weighted by Crippen LogP contribution is -2.43. The number of rotatable bonds is 6. The van der Waals surface area contributed by atoms with Crippen LogP contribution in [0, 0.1) is 5.92 Å². The van der Waals surface area contributed by atoms with E-state index in [-0.39, 0.29) is 12.1 Å². The third kappa shape index (κ3) is 9.66. The third-order valence-corrected chi connectivity index (χ3v) is 3.38. The van der Waals surface area contributed by atoms with Crippen LogP contribution < -0.4 is 0 Å². The van der Waals surface area contributed by atoms with Crippen LogP contribution in [0.2, 0.25) is 0 Å². The summed E-state index contributed by atoms with van der Waals surface area (Å²) in [5.41, 5.74) is -1.63. The molecule has 0 radical (unpaired) electrons. The van der Waals surface area contributed by atoms with Crippen LogP contribution in [0.25, 0.3) is 0 Å². The number of halogens is 1. The second-order valence-electron chi connectivity index (χ2n) is 7.58. The minimum absolute atomic E-state index is 0.0285. The molecule has 0 aliphatic heterocycles. The van der Waals surface area contributed by atoms with Crippen molar-refractivity contribution in [2.24, 2.45) is 5.92 Å². The Labute approximate surface area is 162 Å². The first kappa shape index (κ1) is 23.7. The fourth-order valence-electron chi connectivity index (χ4n) is 1.77. The Bertz CT molecular complexity index is 490. The van der Waals surface area contributed by atoms with Gasteiger partial charge in [-0.3, -0.25) is 4.79 Å². The molecule has 25 heavy (non-hydrogen) atoms. The monoisotopic (exact) mass is 469 g/mol. The number of alkyl halides is 1. The largest absolute Gasteiger partial charge is 0.481 e. The second-order valence-corrected chi connectivity index (χ2v) is 8.66. The van der Waals surface area contributed by atoms with Gasteiger partial charge >= 0.3 is 18.2 Å². The second kappa shape index (κ2) is 9.40. The minimum Gasteiger partial charge on any atom is -0.481 e. The van der Waals surface area contributed by atoms with Crippen LogP contribution in [-0.2, 0) is 14.3 Å². The highest BCUT2D eigenvalue weighted by Gasteiger charge is 2.34. The number of carboxylic acids is 1. The molecule has 0 aliphatic carbocycles. The SMILES string of the molecule is C=C(C[C@@H](CCI)C(=O)O)N(C(=O)OC(C)(C)C)C(=O)OC(C)(C)C. The molecule has 7 nitrogen and oxygen atoms in total. The number of imide groups is 1. The molecule has 0 saturated heterocycles. The Morgan fingerprint density at radius 3 is 1.72 bits per heavy atom. The standard InChI is InChI=1S/C17H28INO6/c1-11(10-12(8-9-18)13(20)21)19(14(22)24-16(2,3)4)15(23)25-17(5,6)7/h12H,1,8-10H2,2-7H3,(H,20,21)/t12-/m1/s1. The highest BCUT2D eigenvalue weighted by Crippen LogP contribution is 2.23. The summed E-state index contributed by atoms with van der Waals surface area (Å²) < 4.78 is 11.1. The van der Waals surface area contributed by atoms with Crippen molar-refractivity contribution in [3.05, 3.63) is 12.3 Å². The summed E-state index contributed by atoms with van der Waals surface area (Å²) in [4.78, 5) is 36.9. The number of carboxylic acid groups (broad SMARTS) is 1. The topological polar surface area (TPSA) is 93.1 Å². The van der Waals surface area contributed by atoms with E-state index in [0.29, 0.717) is 15.7 Å². The average Bonchev–Trinajstić information content (AvgIpc) is 2.33. The van der Waals surface area contributed by atoms with E-state index in [4.69, 9.17) is 9.47 Å². The van der Waals surface area contributed by atoms with Crippen LogP contribution in [0.5, 0.6) is 0 Å². The molecule has 0 aromatic heterocycles. The van der Waals surface area contributed by atoms with Crippen LogP contribution in [0.3, 0.4) is 0 Å². The lowest BCUT2D eigenvalue weighted by Gasteiger charge is -2.30. The van der Waals surface area contributed by atoms with Crippen molar-refractivity contribution < 1.29 is 29.0 Å². The van der Waals surface area contributed by atoms with E-state index in [9.17, 15) is 19.5 Å². The van der Waals surface area contributed by atoms with Gasteiger partial charge in [-0.1, -0.05) is 29.2 Å². The quantitative estimate of drug-likeness (QED) is 0.452. The Kier molecular flexibility index (Phi) is 8.90. The zero-order valence-electron chi connectivity index (χ0n) is 15.7. The molecule has 144 valence electrons. The fourth-order valence-corrected chi connectivity index (χ4v) is 2.52. The smallest absolute Gasteiger partial charge is 0.424 e. The van der Waals surface area contributed by atoms with Gasteiger partial charge in [-0.15, -0.1) is 0 Å². The Hall–Kier alpha value is -1.32. The molecule has 1 N–H and O–H groups in total. The van der Waals surface area contributed by atoms with Crippen molar-refractivity contribution in [3.63, 3.8) is 0 Å². The maximum absolute atomic E-state index is 12.4. The summed E-state index contributed by atoms with van der Waals surface area (Å²) in [6.45, 7) is 13.7. The van der Waals surface area contributed by atoms with Gasteiger partial charge in [0.25, 0.3) is 0 Å². The molecule has 0 rings (SSSR count). The van der Waals surface area contributed by atoms with Gasteiger partial charge in [0, 0.05) is 16.5 Å². The van der Waals surface area contributed by atoms with Crippen molar-refractivity contribution >= 4 is 40.7 Å². The van der Waals surface area contributed by atoms with E-state index in [1.54, 1.807) is 41.5 Å². The van der Waals surface area contributed by atoms with E-state index < -0.39 is 35.3 Å². The number of allylic oxidation sites excluding steroid dienone is 1. The number of carbonyl (C=O) groups excluding carboxylic acids is 2. The fraction of sp³-hybridized carbons (Fsp3) is 0.706. The molecule has 0 aliphatic rings. The van der Waals surface area contributed by atoms with E-state index in [1.165, 1.54) is 0 Å². The minimum atomic E-state index is -1.01. The first-order chi connectivity index (χ1) is 11.2. The van der Waals surface area contributed by atoms with Gasteiger partial charge in [-0.05, 0) is 48.0 Å². The van der Waals surface area contributed by atoms with Gasteiger partial charge in [0.15, 0.2) is 0 Å². The van der Waals surface area contributed by atoms with E-state index in [0.717, 1.165) is 0 Å². The van der Waals surface area contributed by atoms with Crippen molar-refractivity contribution in [1.29, 1.82) is 0 Å². The normalized spacial score (nSPS) is 12.9. The van der Waals surface area contributed by atoms with Crippen molar-refractivity contribution in [3.8, 4) is 0 Å². The highest BCUT2D eigenvalue weighted by atomic mass is 127. The molecule has 1 atom stereocenters.